The second-order valence-corrected chi connectivity index (χ2v) is 5.75. The van der Waals surface area contributed by atoms with Crippen LogP contribution < -0.4 is 11.5 Å². The standard InChI is InChI=1S/C5H16N2O7P2/c6-4-2-1-3-5(7)13-16(11,12)14-15(8,9)10/h5H,1-4,6-7H2,(H,11,12)(H2,8,9,10). The van der Waals surface area contributed by atoms with Gasteiger partial charge in [-0.05, 0) is 25.8 Å². The van der Waals surface area contributed by atoms with Gasteiger partial charge in [0.25, 0.3) is 0 Å². The van der Waals surface area contributed by atoms with E-state index >= 15 is 0 Å². The number of hydrogen-bond acceptors (Lipinski definition) is 6. The maximum absolute atomic E-state index is 11.0. The fourth-order valence-electron chi connectivity index (χ4n) is 0.867. The number of rotatable bonds is 8. The van der Waals surface area contributed by atoms with Crippen molar-refractivity contribution in [3.05, 3.63) is 0 Å². The van der Waals surface area contributed by atoms with E-state index in [1.807, 2.05) is 0 Å². The molecule has 11 heteroatoms. The molecule has 0 aliphatic heterocycles. The van der Waals surface area contributed by atoms with Crippen LogP contribution in [0, 0.1) is 0 Å². The Kier molecular flexibility index (Phi) is 6.88. The molecule has 0 rings (SSSR count). The molecule has 0 aromatic carbocycles. The summed E-state index contributed by atoms with van der Waals surface area (Å²) in [7, 11) is -9.93. The molecule has 0 aromatic rings. The molecule has 0 saturated heterocycles. The minimum atomic E-state index is -5.09. The maximum atomic E-state index is 11.0. The van der Waals surface area contributed by atoms with E-state index in [0.717, 1.165) is 0 Å². The van der Waals surface area contributed by atoms with Gasteiger partial charge < -0.3 is 26.1 Å². The average Bonchev–Trinajstić information content (AvgIpc) is 1.98. The van der Waals surface area contributed by atoms with Gasteiger partial charge >= 0.3 is 15.6 Å². The Morgan fingerprint density at radius 3 is 2.19 bits per heavy atom. The molecule has 0 aliphatic rings. The third-order valence-electron chi connectivity index (χ3n) is 1.42. The number of phosphoric ester groups is 1. The number of phosphoric acid groups is 2. The van der Waals surface area contributed by atoms with Crippen LogP contribution in [-0.4, -0.2) is 27.5 Å². The summed E-state index contributed by atoms with van der Waals surface area (Å²) in [6.45, 7) is 0.447. The summed E-state index contributed by atoms with van der Waals surface area (Å²) in [6, 6.07) is 0. The predicted octanol–water partition coefficient (Wildman–Crippen LogP) is -0.373. The van der Waals surface area contributed by atoms with E-state index in [1.165, 1.54) is 0 Å². The molecule has 9 nitrogen and oxygen atoms in total. The minimum absolute atomic E-state index is 0.228. The topological polar surface area (TPSA) is 165 Å². The van der Waals surface area contributed by atoms with E-state index in [4.69, 9.17) is 26.1 Å². The first-order chi connectivity index (χ1) is 7.16. The maximum Gasteiger partial charge on any atom is 0.482 e. The summed E-state index contributed by atoms with van der Waals surface area (Å²) in [4.78, 5) is 25.5. The molecule has 2 atom stereocenters. The van der Waals surface area contributed by atoms with Crippen LogP contribution in [0.2, 0.25) is 0 Å². The monoisotopic (exact) mass is 278 g/mol. The second-order valence-electron chi connectivity index (χ2n) is 2.97. The molecule has 0 heterocycles. The van der Waals surface area contributed by atoms with Crippen molar-refractivity contribution in [3.63, 3.8) is 0 Å². The lowest BCUT2D eigenvalue weighted by molar-refractivity contribution is 0.123. The molecule has 98 valence electrons. The zero-order valence-corrected chi connectivity index (χ0v) is 10.2. The Morgan fingerprint density at radius 1 is 1.19 bits per heavy atom. The largest absolute Gasteiger partial charge is 0.482 e. The van der Waals surface area contributed by atoms with Gasteiger partial charge in [-0.15, -0.1) is 0 Å². The molecule has 0 bridgehead atoms. The summed E-state index contributed by atoms with van der Waals surface area (Å²) in [6.07, 6.45) is 0.306. The van der Waals surface area contributed by atoms with Crippen LogP contribution in [-0.2, 0) is 18.0 Å². The molecule has 0 saturated carbocycles. The number of nitrogens with two attached hydrogens (primary N) is 2. The van der Waals surface area contributed by atoms with Crippen LogP contribution in [0.15, 0.2) is 0 Å². The molecule has 0 radical (unpaired) electrons. The van der Waals surface area contributed by atoms with Gasteiger partial charge in [0.05, 0.1) is 0 Å². The van der Waals surface area contributed by atoms with Crippen LogP contribution in [0.3, 0.4) is 0 Å². The summed E-state index contributed by atoms with van der Waals surface area (Å²) >= 11 is 0. The molecule has 0 aliphatic carbocycles. The van der Waals surface area contributed by atoms with Gasteiger partial charge in [-0.3, -0.25) is 4.52 Å². The van der Waals surface area contributed by atoms with Crippen molar-refractivity contribution >= 4 is 15.6 Å². The van der Waals surface area contributed by atoms with E-state index in [2.05, 4.69) is 8.83 Å². The van der Waals surface area contributed by atoms with Crippen molar-refractivity contribution in [1.29, 1.82) is 0 Å². The highest BCUT2D eigenvalue weighted by Gasteiger charge is 2.33. The SMILES string of the molecule is NCCCCC(N)OP(=O)(O)OP(=O)(O)O. The molecule has 2 unspecified atom stereocenters. The second kappa shape index (κ2) is 6.80. The summed E-state index contributed by atoms with van der Waals surface area (Å²) < 4.78 is 29.1. The average molecular weight is 278 g/mol. The lowest BCUT2D eigenvalue weighted by atomic mass is 10.2. The summed E-state index contributed by atoms with van der Waals surface area (Å²) in [5, 5.41) is 0. The Balaban J connectivity index is 4.05. The van der Waals surface area contributed by atoms with E-state index in [0.29, 0.717) is 19.4 Å². The first-order valence-corrected chi connectivity index (χ1v) is 7.42. The number of hydrogen-bond donors (Lipinski definition) is 5. The highest BCUT2D eigenvalue weighted by Crippen LogP contribution is 2.57. The van der Waals surface area contributed by atoms with Crippen LogP contribution in [0.5, 0.6) is 0 Å². The van der Waals surface area contributed by atoms with E-state index in [1.54, 1.807) is 0 Å². The Hall–Kier alpha value is 0.180. The molecule has 7 N–H and O–H groups in total. The highest BCUT2D eigenvalue weighted by atomic mass is 31.3. The van der Waals surface area contributed by atoms with Gasteiger partial charge in [-0.25, -0.2) is 9.13 Å². The van der Waals surface area contributed by atoms with Crippen LogP contribution in [0.1, 0.15) is 19.3 Å². The summed E-state index contributed by atoms with van der Waals surface area (Å²) in [5.74, 6) is 0. The Labute approximate surface area is 92.6 Å². The zero-order valence-electron chi connectivity index (χ0n) is 8.43. The summed E-state index contributed by atoms with van der Waals surface area (Å²) in [5.41, 5.74) is 10.5. The third kappa shape index (κ3) is 9.41. The van der Waals surface area contributed by atoms with Crippen molar-refractivity contribution in [2.45, 2.75) is 25.5 Å². The predicted molar refractivity (Wildman–Crippen MR) is 54.9 cm³/mol. The first kappa shape index (κ1) is 16.2. The van der Waals surface area contributed by atoms with Gasteiger partial charge in [0, 0.05) is 0 Å². The van der Waals surface area contributed by atoms with Crippen molar-refractivity contribution in [2.75, 3.05) is 6.54 Å². The zero-order chi connectivity index (χ0) is 12.8. The fraction of sp³-hybridized carbons (Fsp3) is 1.00. The molecule has 16 heavy (non-hydrogen) atoms. The van der Waals surface area contributed by atoms with E-state index < -0.39 is 21.9 Å². The van der Waals surface area contributed by atoms with Crippen molar-refractivity contribution in [2.24, 2.45) is 11.5 Å². The number of unbranched alkanes of at least 4 members (excludes halogenated alkanes) is 1. The van der Waals surface area contributed by atoms with E-state index in [9.17, 15) is 9.13 Å². The Bertz CT molecular complexity index is 293. The first-order valence-electron chi connectivity index (χ1n) is 4.40. The van der Waals surface area contributed by atoms with Crippen LogP contribution in [0.25, 0.3) is 0 Å². The van der Waals surface area contributed by atoms with E-state index in [-0.39, 0.29) is 6.42 Å². The van der Waals surface area contributed by atoms with Crippen LogP contribution >= 0.6 is 15.6 Å². The highest BCUT2D eigenvalue weighted by molar-refractivity contribution is 7.60. The van der Waals surface area contributed by atoms with Crippen molar-refractivity contribution in [1.82, 2.24) is 0 Å². The minimum Gasteiger partial charge on any atom is -0.330 e. The normalized spacial score (nSPS) is 18.1. The quantitative estimate of drug-likeness (QED) is 0.226. The van der Waals surface area contributed by atoms with Gasteiger partial charge in [0.2, 0.25) is 0 Å². The van der Waals surface area contributed by atoms with Gasteiger partial charge in [-0.2, -0.15) is 4.31 Å². The van der Waals surface area contributed by atoms with Gasteiger partial charge in [0.15, 0.2) is 0 Å². The molecular weight excluding hydrogens is 262 g/mol. The van der Waals surface area contributed by atoms with Crippen molar-refractivity contribution < 1.29 is 32.6 Å². The molecule has 0 amide bonds. The van der Waals surface area contributed by atoms with Crippen LogP contribution in [0.4, 0.5) is 0 Å². The smallest absolute Gasteiger partial charge is 0.330 e. The van der Waals surface area contributed by atoms with Crippen molar-refractivity contribution in [3.8, 4) is 0 Å². The molecule has 0 aromatic heterocycles. The Morgan fingerprint density at radius 2 is 1.75 bits per heavy atom. The third-order valence-corrected chi connectivity index (χ3v) is 3.63. The van der Waals surface area contributed by atoms with Gasteiger partial charge in [-0.1, -0.05) is 0 Å². The molecular formula is C5H16N2O7P2. The fourth-order valence-corrected chi connectivity index (χ4v) is 2.54. The lowest BCUT2D eigenvalue weighted by Gasteiger charge is -2.17. The lowest BCUT2D eigenvalue weighted by Crippen LogP contribution is -2.23. The molecule has 0 fully saturated rings. The molecule has 0 spiro atoms. The van der Waals surface area contributed by atoms with Gasteiger partial charge in [0.1, 0.15) is 6.23 Å².